The Morgan fingerprint density at radius 3 is 2.87 bits per heavy atom. The highest BCUT2D eigenvalue weighted by molar-refractivity contribution is 9.10. The number of carboxylic acids is 1. The van der Waals surface area contributed by atoms with Crippen molar-refractivity contribution < 1.29 is 14.3 Å². The number of hydrogen-bond acceptors (Lipinski definition) is 2. The van der Waals surface area contributed by atoms with Crippen LogP contribution in [0.2, 0.25) is 0 Å². The van der Waals surface area contributed by atoms with E-state index in [1.165, 1.54) is 24.3 Å². The van der Waals surface area contributed by atoms with Crippen LogP contribution in [0.5, 0.6) is 0 Å². The van der Waals surface area contributed by atoms with Gasteiger partial charge in [0, 0.05) is 4.47 Å². The van der Waals surface area contributed by atoms with Gasteiger partial charge >= 0.3 is 5.97 Å². The summed E-state index contributed by atoms with van der Waals surface area (Å²) in [5, 5.41) is 11.4. The first kappa shape index (κ1) is 11.7. The predicted molar refractivity (Wildman–Crippen MR) is 59.3 cm³/mol. The minimum Gasteiger partial charge on any atom is -0.479 e. The minimum atomic E-state index is -1.07. The van der Waals surface area contributed by atoms with E-state index < -0.39 is 17.8 Å². The van der Waals surface area contributed by atoms with Crippen LogP contribution in [0.15, 0.2) is 35.3 Å². The van der Waals surface area contributed by atoms with Gasteiger partial charge in [0.15, 0.2) is 0 Å². The van der Waals surface area contributed by atoms with Gasteiger partial charge in [-0.1, -0.05) is 6.08 Å². The van der Waals surface area contributed by atoms with E-state index in [9.17, 15) is 9.18 Å². The van der Waals surface area contributed by atoms with Crippen molar-refractivity contribution in [2.24, 2.45) is 0 Å². The molecule has 0 bridgehead atoms. The molecule has 3 nitrogen and oxygen atoms in total. The van der Waals surface area contributed by atoms with Crippen molar-refractivity contribution in [1.29, 1.82) is 0 Å². The Morgan fingerprint density at radius 2 is 2.33 bits per heavy atom. The van der Waals surface area contributed by atoms with Crippen LogP contribution >= 0.6 is 15.9 Å². The third kappa shape index (κ3) is 3.06. The maximum absolute atomic E-state index is 12.9. The van der Waals surface area contributed by atoms with Crippen LogP contribution < -0.4 is 5.32 Å². The number of benzene rings is 1. The summed E-state index contributed by atoms with van der Waals surface area (Å²) in [5.41, 5.74) is 0.377. The Kier molecular flexibility index (Phi) is 3.85. The molecule has 0 radical (unpaired) electrons. The van der Waals surface area contributed by atoms with Crippen molar-refractivity contribution in [3.8, 4) is 0 Å². The summed E-state index contributed by atoms with van der Waals surface area (Å²) in [6, 6.07) is 3.05. The molecule has 2 N–H and O–H groups in total. The van der Waals surface area contributed by atoms with Crippen LogP contribution in [-0.4, -0.2) is 17.1 Å². The molecule has 0 aliphatic heterocycles. The van der Waals surface area contributed by atoms with Crippen LogP contribution in [0.1, 0.15) is 0 Å². The fraction of sp³-hybridized carbons (Fsp3) is 0.100. The molecule has 0 aliphatic carbocycles. The molecule has 0 amide bonds. The fourth-order valence-corrected chi connectivity index (χ4v) is 1.36. The number of rotatable bonds is 4. The second-order valence-corrected chi connectivity index (χ2v) is 3.67. The highest BCUT2D eigenvalue weighted by Gasteiger charge is 2.14. The molecule has 1 aromatic rings. The summed E-state index contributed by atoms with van der Waals surface area (Å²) < 4.78 is 13.5. The van der Waals surface area contributed by atoms with E-state index in [0.717, 1.165) is 0 Å². The standard InChI is InChI=1S/C10H9BrFNO2/c1-2-8(10(14)15)13-9-5-6(12)3-4-7(9)11/h2-5,8,13H,1H2,(H,14,15). The van der Waals surface area contributed by atoms with Gasteiger partial charge in [0.2, 0.25) is 0 Å². The number of nitrogens with one attached hydrogen (secondary N) is 1. The number of carbonyl (C=O) groups is 1. The van der Waals surface area contributed by atoms with Crippen molar-refractivity contribution in [1.82, 2.24) is 0 Å². The molecule has 15 heavy (non-hydrogen) atoms. The Balaban J connectivity index is 2.92. The van der Waals surface area contributed by atoms with Gasteiger partial charge in [0.25, 0.3) is 0 Å². The zero-order valence-corrected chi connectivity index (χ0v) is 9.29. The number of anilines is 1. The molecule has 1 atom stereocenters. The van der Waals surface area contributed by atoms with E-state index in [0.29, 0.717) is 10.2 Å². The maximum atomic E-state index is 12.9. The van der Waals surface area contributed by atoms with E-state index in [-0.39, 0.29) is 0 Å². The number of aliphatic carboxylic acids is 1. The van der Waals surface area contributed by atoms with Crippen LogP contribution in [0.25, 0.3) is 0 Å². The van der Waals surface area contributed by atoms with E-state index >= 15 is 0 Å². The summed E-state index contributed by atoms with van der Waals surface area (Å²) in [5.74, 6) is -1.50. The third-order valence-corrected chi connectivity index (χ3v) is 2.43. The van der Waals surface area contributed by atoms with Crippen LogP contribution in [0.3, 0.4) is 0 Å². The lowest BCUT2D eigenvalue weighted by molar-refractivity contribution is -0.136. The zero-order valence-electron chi connectivity index (χ0n) is 7.71. The molecule has 5 heteroatoms. The Bertz CT molecular complexity index is 395. The quantitative estimate of drug-likeness (QED) is 0.830. The molecule has 0 heterocycles. The fourth-order valence-electron chi connectivity index (χ4n) is 0.997. The number of carboxylic acid groups (broad SMARTS) is 1. The van der Waals surface area contributed by atoms with Gasteiger partial charge in [0.05, 0.1) is 5.69 Å². The van der Waals surface area contributed by atoms with E-state index in [1.54, 1.807) is 0 Å². The summed E-state index contributed by atoms with van der Waals surface area (Å²) in [4.78, 5) is 10.7. The lowest BCUT2D eigenvalue weighted by Crippen LogP contribution is -2.26. The average Bonchev–Trinajstić information content (AvgIpc) is 2.18. The first-order valence-electron chi connectivity index (χ1n) is 4.11. The van der Waals surface area contributed by atoms with Gasteiger partial charge in [0.1, 0.15) is 11.9 Å². The molecule has 0 saturated heterocycles. The molecule has 0 aromatic heterocycles. The van der Waals surface area contributed by atoms with Crippen LogP contribution in [-0.2, 0) is 4.79 Å². The molecule has 0 aliphatic rings. The molecule has 1 unspecified atom stereocenters. The Labute approximate surface area is 94.7 Å². The Morgan fingerprint density at radius 1 is 1.67 bits per heavy atom. The smallest absolute Gasteiger partial charge is 0.330 e. The lowest BCUT2D eigenvalue weighted by Gasteiger charge is -2.12. The molecular weight excluding hydrogens is 265 g/mol. The first-order valence-corrected chi connectivity index (χ1v) is 4.91. The van der Waals surface area contributed by atoms with Gasteiger partial charge in [-0.25, -0.2) is 9.18 Å². The summed E-state index contributed by atoms with van der Waals surface area (Å²) in [6.07, 6.45) is 1.24. The SMILES string of the molecule is C=CC(Nc1cc(F)ccc1Br)C(=O)O. The second-order valence-electron chi connectivity index (χ2n) is 2.82. The molecule has 1 aromatic carbocycles. The van der Waals surface area contributed by atoms with E-state index in [4.69, 9.17) is 5.11 Å². The van der Waals surface area contributed by atoms with Gasteiger partial charge in [-0.15, -0.1) is 6.58 Å². The Hall–Kier alpha value is -1.36. The molecule has 0 fully saturated rings. The van der Waals surface area contributed by atoms with Crippen LogP contribution in [0, 0.1) is 5.82 Å². The number of hydrogen-bond donors (Lipinski definition) is 2. The van der Waals surface area contributed by atoms with E-state index in [2.05, 4.69) is 27.8 Å². The highest BCUT2D eigenvalue weighted by atomic mass is 79.9. The molecule has 0 saturated carbocycles. The summed E-state index contributed by atoms with van der Waals surface area (Å²) >= 11 is 3.18. The highest BCUT2D eigenvalue weighted by Crippen LogP contribution is 2.23. The van der Waals surface area contributed by atoms with Gasteiger partial charge in [-0.05, 0) is 34.1 Å². The normalized spacial score (nSPS) is 11.9. The third-order valence-electron chi connectivity index (χ3n) is 1.74. The van der Waals surface area contributed by atoms with Gasteiger partial charge < -0.3 is 10.4 Å². The largest absolute Gasteiger partial charge is 0.479 e. The molecular formula is C10H9BrFNO2. The zero-order chi connectivity index (χ0) is 11.4. The topological polar surface area (TPSA) is 49.3 Å². The summed E-state index contributed by atoms with van der Waals surface area (Å²) in [6.45, 7) is 3.38. The minimum absolute atomic E-state index is 0.377. The monoisotopic (exact) mass is 273 g/mol. The molecule has 0 spiro atoms. The summed E-state index contributed by atoms with van der Waals surface area (Å²) in [7, 11) is 0. The van der Waals surface area contributed by atoms with Crippen molar-refractivity contribution in [2.45, 2.75) is 6.04 Å². The second kappa shape index (κ2) is 4.93. The van der Waals surface area contributed by atoms with Crippen molar-refractivity contribution in [3.05, 3.63) is 41.1 Å². The van der Waals surface area contributed by atoms with Gasteiger partial charge in [-0.3, -0.25) is 0 Å². The average molecular weight is 274 g/mol. The predicted octanol–water partition coefficient (Wildman–Crippen LogP) is 2.64. The van der Waals surface area contributed by atoms with E-state index in [1.807, 2.05) is 0 Å². The van der Waals surface area contributed by atoms with Crippen molar-refractivity contribution >= 4 is 27.6 Å². The molecule has 1 rings (SSSR count). The number of halogens is 2. The van der Waals surface area contributed by atoms with Gasteiger partial charge in [-0.2, -0.15) is 0 Å². The lowest BCUT2D eigenvalue weighted by atomic mass is 10.2. The maximum Gasteiger partial charge on any atom is 0.330 e. The van der Waals surface area contributed by atoms with Crippen LogP contribution in [0.4, 0.5) is 10.1 Å². The first-order chi connectivity index (χ1) is 7.04. The molecule has 80 valence electrons. The van der Waals surface area contributed by atoms with Crippen molar-refractivity contribution in [3.63, 3.8) is 0 Å². The van der Waals surface area contributed by atoms with Crippen molar-refractivity contribution in [2.75, 3.05) is 5.32 Å².